The molecule has 0 saturated heterocycles. The Balaban J connectivity index is 1.97. The minimum atomic E-state index is -1.01. The topological polar surface area (TPSA) is 69.6 Å². The molecule has 0 bridgehead atoms. The van der Waals surface area contributed by atoms with Crippen LogP contribution in [0.1, 0.15) is 28.3 Å². The predicted molar refractivity (Wildman–Crippen MR) is 121 cm³/mol. The van der Waals surface area contributed by atoms with Crippen molar-refractivity contribution in [3.8, 4) is 5.75 Å². The lowest BCUT2D eigenvalue weighted by Gasteiger charge is -2.39. The van der Waals surface area contributed by atoms with Crippen LogP contribution in [0.15, 0.2) is 115 Å². The van der Waals surface area contributed by atoms with Crippen LogP contribution in [0.5, 0.6) is 5.75 Å². The maximum atomic E-state index is 12.4. The molecule has 4 aromatic rings. The average molecular weight is 409 g/mol. The number of benzene rings is 4. The molecule has 0 amide bonds. The Morgan fingerprint density at radius 3 is 1.39 bits per heavy atom. The molecule has 0 heterocycles. The molecular formula is C27H23NO3. The normalized spacial score (nSPS) is 12.3. The minimum Gasteiger partial charge on any atom is -0.508 e. The van der Waals surface area contributed by atoms with E-state index in [0.717, 1.165) is 16.7 Å². The van der Waals surface area contributed by atoms with E-state index in [1.54, 1.807) is 12.1 Å². The largest absolute Gasteiger partial charge is 0.508 e. The average Bonchev–Trinajstić information content (AvgIpc) is 2.82. The number of aromatic hydroxyl groups is 1. The minimum absolute atomic E-state index is 0.0910. The summed E-state index contributed by atoms with van der Waals surface area (Å²) >= 11 is 0. The molecule has 0 aliphatic rings. The summed E-state index contributed by atoms with van der Waals surface area (Å²) in [4.78, 5) is 12.4. The van der Waals surface area contributed by atoms with Gasteiger partial charge in [0.25, 0.3) is 0 Å². The van der Waals surface area contributed by atoms with E-state index in [2.05, 4.69) is 5.32 Å². The second-order valence-corrected chi connectivity index (χ2v) is 7.36. The summed E-state index contributed by atoms with van der Waals surface area (Å²) in [5.41, 5.74) is 2.43. The molecule has 0 fully saturated rings. The van der Waals surface area contributed by atoms with E-state index < -0.39 is 17.6 Å². The van der Waals surface area contributed by atoms with Gasteiger partial charge in [0.15, 0.2) is 0 Å². The highest BCUT2D eigenvalue weighted by Gasteiger charge is 2.40. The molecule has 4 heteroatoms. The van der Waals surface area contributed by atoms with E-state index in [4.69, 9.17) is 0 Å². The Labute approximate surface area is 181 Å². The number of carbonyl (C=O) groups is 1. The Hall–Kier alpha value is -3.89. The lowest BCUT2D eigenvalue weighted by atomic mass is 9.76. The monoisotopic (exact) mass is 409 g/mol. The number of hydrogen-bond donors (Lipinski definition) is 3. The molecule has 1 atom stereocenters. The Morgan fingerprint density at radius 2 is 1.03 bits per heavy atom. The van der Waals surface area contributed by atoms with E-state index in [1.165, 1.54) is 12.1 Å². The molecule has 4 nitrogen and oxygen atoms in total. The van der Waals surface area contributed by atoms with Gasteiger partial charge in [0.05, 0.1) is 5.54 Å². The van der Waals surface area contributed by atoms with Crippen molar-refractivity contribution in [2.75, 3.05) is 0 Å². The van der Waals surface area contributed by atoms with Crippen LogP contribution in [-0.2, 0) is 10.3 Å². The summed E-state index contributed by atoms with van der Waals surface area (Å²) in [6.45, 7) is 0. The summed E-state index contributed by atoms with van der Waals surface area (Å²) in [7, 11) is 0. The van der Waals surface area contributed by atoms with E-state index in [-0.39, 0.29) is 5.75 Å². The fourth-order valence-electron chi connectivity index (χ4n) is 3.99. The van der Waals surface area contributed by atoms with Crippen molar-refractivity contribution in [3.63, 3.8) is 0 Å². The van der Waals surface area contributed by atoms with Gasteiger partial charge < -0.3 is 10.2 Å². The molecular weight excluding hydrogens is 386 g/mol. The van der Waals surface area contributed by atoms with Crippen LogP contribution in [0.3, 0.4) is 0 Å². The zero-order valence-corrected chi connectivity index (χ0v) is 16.8. The summed E-state index contributed by atoms with van der Waals surface area (Å²) in [5.74, 6) is -0.911. The van der Waals surface area contributed by atoms with Crippen LogP contribution in [0.25, 0.3) is 0 Å². The van der Waals surface area contributed by atoms with Crippen LogP contribution < -0.4 is 5.32 Å². The number of nitrogens with one attached hydrogen (secondary N) is 1. The van der Waals surface area contributed by atoms with Gasteiger partial charge in [0.2, 0.25) is 0 Å². The van der Waals surface area contributed by atoms with Crippen LogP contribution >= 0.6 is 0 Å². The number of phenols is 1. The molecule has 4 rings (SSSR count). The molecule has 0 radical (unpaired) electrons. The molecule has 0 unspecified atom stereocenters. The quantitative estimate of drug-likeness (QED) is 0.372. The Morgan fingerprint density at radius 1 is 0.645 bits per heavy atom. The second kappa shape index (κ2) is 8.86. The standard InChI is InChI=1S/C27H23NO3/c29-24-18-16-20(17-19-24)25(26(30)31)28-27(21-10-4-1-5-11-21,22-12-6-2-7-13-22)23-14-8-3-9-15-23/h1-19,25,28-29H,(H,30,31)/t25-/m1/s1. The third-order valence-electron chi connectivity index (χ3n) is 5.45. The van der Waals surface area contributed by atoms with Crippen molar-refractivity contribution in [3.05, 3.63) is 138 Å². The lowest BCUT2D eigenvalue weighted by Crippen LogP contribution is -2.48. The van der Waals surface area contributed by atoms with Gasteiger partial charge in [0.1, 0.15) is 11.8 Å². The molecule has 0 spiro atoms. The Kier molecular flexibility index (Phi) is 5.83. The van der Waals surface area contributed by atoms with Gasteiger partial charge in [-0.1, -0.05) is 103 Å². The molecule has 31 heavy (non-hydrogen) atoms. The number of hydrogen-bond acceptors (Lipinski definition) is 3. The zero-order valence-electron chi connectivity index (χ0n) is 16.8. The van der Waals surface area contributed by atoms with Crippen molar-refractivity contribution in [2.45, 2.75) is 11.6 Å². The number of carboxylic acids is 1. The molecule has 0 aliphatic heterocycles. The van der Waals surface area contributed by atoms with Gasteiger partial charge in [0, 0.05) is 0 Å². The van der Waals surface area contributed by atoms with Crippen molar-refractivity contribution in [1.82, 2.24) is 5.32 Å². The second-order valence-electron chi connectivity index (χ2n) is 7.36. The molecule has 4 aromatic carbocycles. The summed E-state index contributed by atoms with van der Waals surface area (Å²) in [5, 5.41) is 23.3. The zero-order chi connectivity index (χ0) is 21.7. The van der Waals surface area contributed by atoms with E-state index >= 15 is 0 Å². The fourth-order valence-corrected chi connectivity index (χ4v) is 3.99. The summed E-state index contributed by atoms with van der Waals surface area (Å²) in [6.07, 6.45) is 0. The van der Waals surface area contributed by atoms with E-state index in [1.807, 2.05) is 91.0 Å². The molecule has 0 saturated carbocycles. The molecule has 0 aliphatic carbocycles. The van der Waals surface area contributed by atoms with Gasteiger partial charge in [-0.15, -0.1) is 0 Å². The highest BCUT2D eigenvalue weighted by molar-refractivity contribution is 5.76. The van der Waals surface area contributed by atoms with Gasteiger partial charge >= 0.3 is 5.97 Å². The van der Waals surface area contributed by atoms with Crippen molar-refractivity contribution >= 4 is 5.97 Å². The molecule has 154 valence electrons. The van der Waals surface area contributed by atoms with Crippen molar-refractivity contribution in [2.24, 2.45) is 0 Å². The third kappa shape index (κ3) is 4.06. The smallest absolute Gasteiger partial charge is 0.325 e. The predicted octanol–water partition coefficient (Wildman–Crippen LogP) is 5.10. The summed E-state index contributed by atoms with van der Waals surface area (Å²) < 4.78 is 0. The number of phenolic OH excluding ortho intramolecular Hbond substituents is 1. The van der Waals surface area contributed by atoms with Crippen LogP contribution in [0, 0.1) is 0 Å². The van der Waals surface area contributed by atoms with Crippen LogP contribution in [0.2, 0.25) is 0 Å². The van der Waals surface area contributed by atoms with E-state index in [0.29, 0.717) is 5.56 Å². The van der Waals surface area contributed by atoms with Crippen molar-refractivity contribution in [1.29, 1.82) is 0 Å². The van der Waals surface area contributed by atoms with Gasteiger partial charge in [-0.25, -0.2) is 0 Å². The summed E-state index contributed by atoms with van der Waals surface area (Å²) in [6, 6.07) is 34.8. The highest BCUT2D eigenvalue weighted by Crippen LogP contribution is 2.39. The molecule has 0 aromatic heterocycles. The molecule has 3 N–H and O–H groups in total. The highest BCUT2D eigenvalue weighted by atomic mass is 16.4. The maximum absolute atomic E-state index is 12.4. The van der Waals surface area contributed by atoms with E-state index in [9.17, 15) is 15.0 Å². The number of rotatable bonds is 7. The Bertz CT molecular complexity index is 1030. The first-order chi connectivity index (χ1) is 15.1. The SMILES string of the molecule is O=C(O)[C@H](NC(c1ccccc1)(c1ccccc1)c1ccccc1)c1ccc(O)cc1. The number of carboxylic acid groups (broad SMARTS) is 1. The maximum Gasteiger partial charge on any atom is 0.325 e. The van der Waals surface area contributed by atoms with Gasteiger partial charge in [-0.05, 0) is 34.4 Å². The lowest BCUT2D eigenvalue weighted by molar-refractivity contribution is -0.140. The van der Waals surface area contributed by atoms with Crippen LogP contribution in [-0.4, -0.2) is 16.2 Å². The number of aliphatic carboxylic acids is 1. The first-order valence-electron chi connectivity index (χ1n) is 10.1. The van der Waals surface area contributed by atoms with Gasteiger partial charge in [-0.3, -0.25) is 10.1 Å². The van der Waals surface area contributed by atoms with Crippen molar-refractivity contribution < 1.29 is 15.0 Å². The fraction of sp³-hybridized carbons (Fsp3) is 0.0741. The third-order valence-corrected chi connectivity index (χ3v) is 5.45. The van der Waals surface area contributed by atoms with Gasteiger partial charge in [-0.2, -0.15) is 0 Å². The van der Waals surface area contributed by atoms with Crippen LogP contribution in [0.4, 0.5) is 0 Å². The first kappa shape index (κ1) is 20.4. The first-order valence-corrected chi connectivity index (χ1v) is 10.1.